The number of rotatable bonds is 1. The van der Waals surface area contributed by atoms with E-state index in [1.165, 1.54) is 22.1 Å². The molecule has 2 aromatic carbocycles. The van der Waals surface area contributed by atoms with Gasteiger partial charge in [-0.05, 0) is 29.8 Å². The number of hydrogen-bond donors (Lipinski definition) is 0. The Morgan fingerprint density at radius 1 is 1.00 bits per heavy atom. The fourth-order valence-electron chi connectivity index (χ4n) is 2.79. The molecule has 1 heterocycles. The number of hydrogen-bond acceptors (Lipinski definition) is 1. The molecule has 0 spiro atoms. The van der Waals surface area contributed by atoms with Crippen LogP contribution in [0.15, 0.2) is 42.5 Å². The molecule has 99 valence electrons. The summed E-state index contributed by atoms with van der Waals surface area (Å²) in [6.45, 7) is 2.14. The third kappa shape index (κ3) is 1.84. The smallest absolute Gasteiger partial charge is 0.0607 e. The zero-order valence-corrected chi connectivity index (χ0v) is 13.4. The van der Waals surface area contributed by atoms with Crippen LogP contribution in [-0.2, 0) is 20.1 Å². The minimum absolute atomic E-state index is 0. The average molecular weight is 435 g/mol. The van der Waals surface area contributed by atoms with Gasteiger partial charge in [0.25, 0.3) is 0 Å². The van der Waals surface area contributed by atoms with Crippen LogP contribution in [-0.4, -0.2) is 4.98 Å². The first kappa shape index (κ1) is 13.2. The molecule has 0 N–H and O–H groups in total. The van der Waals surface area contributed by atoms with Crippen molar-refractivity contribution in [2.75, 3.05) is 0 Å². The normalized spacial score (nSPS) is 11.7. The largest absolute Gasteiger partial charge is 0.296 e. The summed E-state index contributed by atoms with van der Waals surface area (Å²) in [4.78, 5) is 4.84. The number of aromatic nitrogens is 1. The molecule has 0 saturated carbocycles. The minimum atomic E-state index is 0. The van der Waals surface area contributed by atoms with E-state index in [1.807, 2.05) is 18.2 Å². The van der Waals surface area contributed by atoms with Crippen LogP contribution in [0.1, 0.15) is 16.7 Å². The molecule has 0 saturated heterocycles. The SMILES string of the molecule is Cc1c(-c2[c-]cccc2)nc2cccc3c2c1C=C3.[Ir]. The Labute approximate surface area is 131 Å². The molecule has 1 aliphatic carbocycles. The molecule has 0 unspecified atom stereocenters. The maximum Gasteiger partial charge on any atom is 0.0607 e. The zero-order chi connectivity index (χ0) is 12.8. The molecule has 0 atom stereocenters. The molecule has 1 radical (unpaired) electrons. The third-order valence-corrected chi connectivity index (χ3v) is 3.73. The van der Waals surface area contributed by atoms with Gasteiger partial charge in [-0.25, -0.2) is 0 Å². The van der Waals surface area contributed by atoms with E-state index < -0.39 is 0 Å². The van der Waals surface area contributed by atoms with Crippen LogP contribution in [0.25, 0.3) is 34.3 Å². The summed E-state index contributed by atoms with van der Waals surface area (Å²) in [5.41, 5.74) is 6.96. The first-order valence-corrected chi connectivity index (χ1v) is 6.43. The molecule has 0 bridgehead atoms. The van der Waals surface area contributed by atoms with Gasteiger partial charge in [-0.15, -0.1) is 35.9 Å². The third-order valence-electron chi connectivity index (χ3n) is 3.73. The second-order valence-electron chi connectivity index (χ2n) is 4.85. The van der Waals surface area contributed by atoms with Gasteiger partial charge >= 0.3 is 0 Å². The molecule has 2 heteroatoms. The van der Waals surface area contributed by atoms with Gasteiger partial charge in [-0.3, -0.25) is 4.98 Å². The van der Waals surface area contributed by atoms with Gasteiger partial charge in [0.15, 0.2) is 0 Å². The van der Waals surface area contributed by atoms with E-state index in [2.05, 4.69) is 49.4 Å². The molecule has 1 aliphatic rings. The van der Waals surface area contributed by atoms with Crippen molar-refractivity contribution < 1.29 is 20.1 Å². The fraction of sp³-hybridized carbons (Fsp3) is 0.0556. The molecule has 0 amide bonds. The van der Waals surface area contributed by atoms with Gasteiger partial charge in [0, 0.05) is 25.5 Å². The quantitative estimate of drug-likeness (QED) is 0.402. The monoisotopic (exact) mass is 435 g/mol. The Morgan fingerprint density at radius 2 is 1.90 bits per heavy atom. The van der Waals surface area contributed by atoms with Crippen molar-refractivity contribution in [2.45, 2.75) is 6.92 Å². The topological polar surface area (TPSA) is 12.9 Å². The van der Waals surface area contributed by atoms with E-state index in [0.717, 1.165) is 16.8 Å². The van der Waals surface area contributed by atoms with Crippen LogP contribution >= 0.6 is 0 Å². The Hall–Kier alpha value is -1.76. The van der Waals surface area contributed by atoms with Crippen LogP contribution in [0, 0.1) is 13.0 Å². The molecule has 1 nitrogen and oxygen atoms in total. The van der Waals surface area contributed by atoms with Gasteiger partial charge in [-0.1, -0.05) is 29.8 Å². The van der Waals surface area contributed by atoms with E-state index >= 15 is 0 Å². The summed E-state index contributed by atoms with van der Waals surface area (Å²) < 4.78 is 0. The Balaban J connectivity index is 0.00000121. The van der Waals surface area contributed by atoms with Gasteiger partial charge in [-0.2, -0.15) is 0 Å². The molecule has 1 aromatic heterocycles. The predicted molar refractivity (Wildman–Crippen MR) is 79.7 cm³/mol. The summed E-state index contributed by atoms with van der Waals surface area (Å²) in [5.74, 6) is 0. The van der Waals surface area contributed by atoms with Crippen molar-refractivity contribution in [1.82, 2.24) is 4.98 Å². The number of nitrogens with zero attached hydrogens (tertiary/aromatic N) is 1. The number of pyridine rings is 1. The molecular weight excluding hydrogens is 422 g/mol. The van der Waals surface area contributed by atoms with Crippen molar-refractivity contribution in [3.8, 4) is 11.3 Å². The minimum Gasteiger partial charge on any atom is -0.296 e. The summed E-state index contributed by atoms with van der Waals surface area (Å²) in [7, 11) is 0. The van der Waals surface area contributed by atoms with Crippen molar-refractivity contribution in [3.05, 3.63) is 65.2 Å². The standard InChI is InChI=1S/C18H12N.Ir/c1-12-15-11-10-13-8-5-9-16(17(13)15)19-18(12)14-6-3-2-4-7-14;/h2-6,8-11H,1H3;/q-1;. The van der Waals surface area contributed by atoms with Crippen molar-refractivity contribution in [2.24, 2.45) is 0 Å². The summed E-state index contributed by atoms with van der Waals surface area (Å²) in [5, 5.41) is 1.28. The summed E-state index contributed by atoms with van der Waals surface area (Å²) in [6, 6.07) is 17.6. The molecule has 0 fully saturated rings. The number of benzene rings is 2. The predicted octanol–water partition coefficient (Wildman–Crippen LogP) is 4.49. The second kappa shape index (κ2) is 4.97. The molecular formula is C18H12IrN-. The first-order valence-electron chi connectivity index (χ1n) is 6.43. The molecule has 3 aromatic rings. The van der Waals surface area contributed by atoms with Crippen LogP contribution in [0.5, 0.6) is 0 Å². The maximum atomic E-state index is 4.84. The van der Waals surface area contributed by atoms with Crippen molar-refractivity contribution in [1.29, 1.82) is 0 Å². The van der Waals surface area contributed by atoms with Crippen LogP contribution < -0.4 is 0 Å². The van der Waals surface area contributed by atoms with E-state index in [-0.39, 0.29) is 20.1 Å². The molecule has 20 heavy (non-hydrogen) atoms. The fourth-order valence-corrected chi connectivity index (χ4v) is 2.79. The van der Waals surface area contributed by atoms with Crippen LogP contribution in [0.2, 0.25) is 0 Å². The van der Waals surface area contributed by atoms with E-state index in [0.29, 0.717) is 0 Å². The average Bonchev–Trinajstić information content (AvgIpc) is 2.89. The second-order valence-corrected chi connectivity index (χ2v) is 4.85. The van der Waals surface area contributed by atoms with E-state index in [1.54, 1.807) is 0 Å². The van der Waals surface area contributed by atoms with E-state index in [9.17, 15) is 0 Å². The first-order chi connectivity index (χ1) is 9.34. The Morgan fingerprint density at radius 3 is 2.70 bits per heavy atom. The zero-order valence-electron chi connectivity index (χ0n) is 11.0. The maximum absolute atomic E-state index is 4.84. The molecule has 4 rings (SSSR count). The summed E-state index contributed by atoms with van der Waals surface area (Å²) in [6.07, 6.45) is 4.37. The molecule has 0 aliphatic heterocycles. The van der Waals surface area contributed by atoms with Crippen LogP contribution in [0.4, 0.5) is 0 Å². The van der Waals surface area contributed by atoms with Gasteiger partial charge in [0.05, 0.1) is 5.52 Å². The van der Waals surface area contributed by atoms with Gasteiger partial charge in [0.1, 0.15) is 0 Å². The Bertz CT molecular complexity index is 820. The van der Waals surface area contributed by atoms with Crippen molar-refractivity contribution in [3.63, 3.8) is 0 Å². The Kier molecular flexibility index (Phi) is 3.29. The van der Waals surface area contributed by atoms with Gasteiger partial charge in [0.2, 0.25) is 0 Å². The summed E-state index contributed by atoms with van der Waals surface area (Å²) >= 11 is 0. The van der Waals surface area contributed by atoms with E-state index in [4.69, 9.17) is 4.98 Å². The van der Waals surface area contributed by atoms with Crippen LogP contribution in [0.3, 0.4) is 0 Å². The van der Waals surface area contributed by atoms with Gasteiger partial charge < -0.3 is 0 Å². The van der Waals surface area contributed by atoms with Crippen molar-refractivity contribution >= 4 is 23.1 Å².